The van der Waals surface area contributed by atoms with Gasteiger partial charge in [-0.05, 0) is 132 Å². The van der Waals surface area contributed by atoms with Crippen LogP contribution in [0.3, 0.4) is 0 Å². The lowest BCUT2D eigenvalue weighted by atomic mass is 10.0. The Balaban J connectivity index is 1.02. The minimum absolute atomic E-state index is 0.839. The third-order valence-electron chi connectivity index (χ3n) is 11.7. The van der Waals surface area contributed by atoms with E-state index in [4.69, 9.17) is 9.97 Å². The monoisotopic (exact) mass is 810 g/mol. The van der Waals surface area contributed by atoms with E-state index in [9.17, 15) is 0 Å². The predicted octanol–water partition coefficient (Wildman–Crippen LogP) is 16.1. The molecule has 302 valence electrons. The summed E-state index contributed by atoms with van der Waals surface area (Å²) in [5.41, 5.74) is 19.2. The van der Waals surface area contributed by atoms with Crippen LogP contribution in [0.5, 0.6) is 0 Å². The summed E-state index contributed by atoms with van der Waals surface area (Å²) in [6.45, 7) is 4.34. The maximum absolute atomic E-state index is 5.28. The lowest BCUT2D eigenvalue weighted by Gasteiger charge is -2.26. The fraction of sp³-hybridized carbons (Fsp3) is 0.0508. The zero-order chi connectivity index (χ0) is 42.5. The van der Waals surface area contributed by atoms with Crippen molar-refractivity contribution >= 4 is 45.2 Å². The van der Waals surface area contributed by atoms with Gasteiger partial charge in [-0.25, -0.2) is 9.97 Å². The Kier molecular flexibility index (Phi) is 10.8. The molecular weight excluding hydrogens is 765 g/mol. The van der Waals surface area contributed by atoms with Crippen molar-refractivity contribution in [2.24, 2.45) is 0 Å². The summed E-state index contributed by atoms with van der Waals surface area (Å²) in [5.74, 6) is 0. The average Bonchev–Trinajstić information content (AvgIpc) is 3.35. The Morgan fingerprint density at radius 2 is 0.683 bits per heavy atom. The van der Waals surface area contributed by atoms with Gasteiger partial charge < -0.3 is 9.80 Å². The van der Waals surface area contributed by atoms with Crippen molar-refractivity contribution < 1.29 is 0 Å². The van der Waals surface area contributed by atoms with Gasteiger partial charge in [0, 0.05) is 45.3 Å². The summed E-state index contributed by atoms with van der Waals surface area (Å²) in [5, 5.41) is 0. The molecule has 0 amide bonds. The molecule has 0 aliphatic heterocycles. The van der Waals surface area contributed by atoms with Crippen molar-refractivity contribution in [1.29, 1.82) is 0 Å². The zero-order valence-electron chi connectivity index (χ0n) is 35.4. The maximum atomic E-state index is 5.28. The molecule has 0 aliphatic carbocycles. The van der Waals surface area contributed by atoms with Crippen LogP contribution in [-0.4, -0.2) is 9.97 Å². The van der Waals surface area contributed by atoms with Gasteiger partial charge in [-0.3, -0.25) is 0 Å². The smallest absolute Gasteiger partial charge is 0.0973 e. The molecule has 0 aliphatic rings. The van der Waals surface area contributed by atoms with Crippen LogP contribution < -0.4 is 9.80 Å². The van der Waals surface area contributed by atoms with E-state index in [1.165, 1.54) is 33.4 Å². The zero-order valence-corrected chi connectivity index (χ0v) is 35.4. The Morgan fingerprint density at radius 1 is 0.317 bits per heavy atom. The second kappa shape index (κ2) is 17.5. The molecule has 0 bridgehead atoms. The second-order valence-electron chi connectivity index (χ2n) is 15.9. The highest BCUT2D eigenvalue weighted by atomic mass is 15.1. The SMILES string of the molecule is CCc1cccc(N(c2ccc(-c3ccccc3)cc2)c2ccc(-c3nc4ccccc4nc3-c3ccc(N(c4ccc(-c5ccccc5)cc4)c4cccc(C)c4)cc3)cc2)c1. The van der Waals surface area contributed by atoms with Crippen molar-refractivity contribution in [2.45, 2.75) is 20.3 Å². The molecule has 1 heterocycles. The van der Waals surface area contributed by atoms with Crippen LogP contribution in [-0.2, 0) is 6.42 Å². The highest BCUT2D eigenvalue weighted by Gasteiger charge is 2.19. The quantitative estimate of drug-likeness (QED) is 0.130. The summed E-state index contributed by atoms with van der Waals surface area (Å²) < 4.78 is 0. The van der Waals surface area contributed by atoms with Crippen LogP contribution in [0.25, 0.3) is 55.8 Å². The average molecular weight is 811 g/mol. The van der Waals surface area contributed by atoms with E-state index in [1.807, 2.05) is 24.3 Å². The topological polar surface area (TPSA) is 32.3 Å². The van der Waals surface area contributed by atoms with Gasteiger partial charge in [0.2, 0.25) is 0 Å². The van der Waals surface area contributed by atoms with E-state index < -0.39 is 0 Å². The summed E-state index contributed by atoms with van der Waals surface area (Å²) in [7, 11) is 0. The number of aromatic nitrogens is 2. The molecule has 1 aromatic heterocycles. The minimum atomic E-state index is 0.839. The number of anilines is 6. The Hall–Kier alpha value is -8.08. The number of hydrogen-bond donors (Lipinski definition) is 0. The van der Waals surface area contributed by atoms with E-state index >= 15 is 0 Å². The highest BCUT2D eigenvalue weighted by Crippen LogP contribution is 2.40. The van der Waals surface area contributed by atoms with Crippen LogP contribution in [0.1, 0.15) is 18.1 Å². The van der Waals surface area contributed by atoms with E-state index in [1.54, 1.807) is 0 Å². The fourth-order valence-electron chi connectivity index (χ4n) is 8.38. The van der Waals surface area contributed by atoms with Crippen molar-refractivity contribution in [1.82, 2.24) is 9.97 Å². The van der Waals surface area contributed by atoms with Crippen molar-refractivity contribution in [3.8, 4) is 44.8 Å². The summed E-state index contributed by atoms with van der Waals surface area (Å²) in [4.78, 5) is 15.2. The normalized spacial score (nSPS) is 11.1. The van der Waals surface area contributed by atoms with E-state index in [2.05, 4.69) is 230 Å². The number of para-hydroxylation sites is 2. The third kappa shape index (κ3) is 8.23. The van der Waals surface area contributed by atoms with Gasteiger partial charge in [0.1, 0.15) is 0 Å². The van der Waals surface area contributed by atoms with E-state index in [-0.39, 0.29) is 0 Å². The number of aryl methyl sites for hydroxylation is 2. The molecule has 0 unspecified atom stereocenters. The molecule has 0 N–H and O–H groups in total. The van der Waals surface area contributed by atoms with Crippen LogP contribution >= 0.6 is 0 Å². The first-order valence-electron chi connectivity index (χ1n) is 21.6. The molecule has 0 spiro atoms. The Morgan fingerprint density at radius 3 is 1.10 bits per heavy atom. The predicted molar refractivity (Wildman–Crippen MR) is 265 cm³/mol. The first-order chi connectivity index (χ1) is 31.1. The molecule has 4 nitrogen and oxygen atoms in total. The molecule has 0 saturated heterocycles. The minimum Gasteiger partial charge on any atom is -0.310 e. The number of benzene rings is 9. The highest BCUT2D eigenvalue weighted by molar-refractivity contribution is 5.88. The molecule has 10 aromatic rings. The van der Waals surface area contributed by atoms with Crippen LogP contribution in [0.2, 0.25) is 0 Å². The molecule has 63 heavy (non-hydrogen) atoms. The molecular formula is C59H46N4. The molecule has 0 fully saturated rings. The Labute approximate surface area is 370 Å². The van der Waals surface area contributed by atoms with Gasteiger partial charge in [0.15, 0.2) is 0 Å². The van der Waals surface area contributed by atoms with Gasteiger partial charge >= 0.3 is 0 Å². The lowest BCUT2D eigenvalue weighted by molar-refractivity contribution is 1.13. The van der Waals surface area contributed by atoms with Crippen molar-refractivity contribution in [3.63, 3.8) is 0 Å². The largest absolute Gasteiger partial charge is 0.310 e. The lowest BCUT2D eigenvalue weighted by Crippen LogP contribution is -2.10. The number of nitrogens with zero attached hydrogens (tertiary/aromatic N) is 4. The van der Waals surface area contributed by atoms with Crippen molar-refractivity contribution in [3.05, 3.63) is 242 Å². The molecule has 0 atom stereocenters. The molecule has 10 rings (SSSR count). The van der Waals surface area contributed by atoms with Crippen molar-refractivity contribution in [2.75, 3.05) is 9.80 Å². The fourth-order valence-corrected chi connectivity index (χ4v) is 8.38. The van der Waals surface area contributed by atoms with E-state index in [0.717, 1.165) is 74.1 Å². The van der Waals surface area contributed by atoms with Gasteiger partial charge in [-0.15, -0.1) is 0 Å². The molecule has 4 heteroatoms. The van der Waals surface area contributed by atoms with Crippen LogP contribution in [0.15, 0.2) is 231 Å². The third-order valence-corrected chi connectivity index (χ3v) is 11.7. The molecule has 0 radical (unpaired) electrons. The number of hydrogen-bond acceptors (Lipinski definition) is 4. The van der Waals surface area contributed by atoms with Gasteiger partial charge in [-0.1, -0.05) is 153 Å². The summed E-state index contributed by atoms with van der Waals surface area (Å²) >= 11 is 0. The van der Waals surface area contributed by atoms with Gasteiger partial charge in [0.25, 0.3) is 0 Å². The first-order valence-corrected chi connectivity index (χ1v) is 21.6. The second-order valence-corrected chi connectivity index (χ2v) is 15.9. The molecule has 9 aromatic carbocycles. The first kappa shape index (κ1) is 39.1. The van der Waals surface area contributed by atoms with E-state index in [0.29, 0.717) is 0 Å². The van der Waals surface area contributed by atoms with Crippen LogP contribution in [0, 0.1) is 6.92 Å². The summed E-state index contributed by atoms with van der Waals surface area (Å²) in [6, 6.07) is 81.8. The van der Waals surface area contributed by atoms with Gasteiger partial charge in [-0.2, -0.15) is 0 Å². The molecule has 0 saturated carbocycles. The number of rotatable bonds is 11. The standard InChI is InChI=1S/C59H46N4/c1-3-43-15-13-21-55(41-43)63(51-34-26-47(27-35-51)45-18-8-5-9-19-45)53-38-30-49(31-39-53)59-58(60-56-22-10-11-23-57(56)61-59)48-28-36-52(37-29-48)62(54-20-12-14-42(2)40-54)50-32-24-46(25-33-50)44-16-6-4-7-17-44/h4-41H,3H2,1-2H3. The van der Waals surface area contributed by atoms with Crippen LogP contribution in [0.4, 0.5) is 34.1 Å². The van der Waals surface area contributed by atoms with Gasteiger partial charge in [0.05, 0.1) is 22.4 Å². The summed E-state index contributed by atoms with van der Waals surface area (Å²) in [6.07, 6.45) is 0.962. The Bertz CT molecular complexity index is 3130. The number of fused-ring (bicyclic) bond motifs is 1. The maximum Gasteiger partial charge on any atom is 0.0973 e.